The smallest absolute Gasteiger partial charge is 0.0446 e. The van der Waals surface area contributed by atoms with Crippen LogP contribution in [0.5, 0.6) is 0 Å². The summed E-state index contributed by atoms with van der Waals surface area (Å²) in [4.78, 5) is 2.56. The molecule has 4 heteroatoms. The highest BCUT2D eigenvalue weighted by atomic mass is 32.2. The Balaban J connectivity index is 1.85. The Kier molecular flexibility index (Phi) is 7.04. The van der Waals surface area contributed by atoms with Gasteiger partial charge in [0.05, 0.1) is 0 Å². The van der Waals surface area contributed by atoms with Gasteiger partial charge in [-0.2, -0.15) is 11.8 Å². The van der Waals surface area contributed by atoms with Crippen LogP contribution in [0.4, 0.5) is 0 Å². The van der Waals surface area contributed by atoms with E-state index in [4.69, 9.17) is 5.11 Å². The molecule has 1 aromatic rings. The van der Waals surface area contributed by atoms with Gasteiger partial charge in [0.15, 0.2) is 0 Å². The number of rotatable bonds is 8. The number of thioether (sulfide) groups is 1. The summed E-state index contributed by atoms with van der Waals surface area (Å²) in [5.74, 6) is 1.07. The summed E-state index contributed by atoms with van der Waals surface area (Å²) in [5.41, 5.74) is 1.40. The maximum atomic E-state index is 9.17. The maximum absolute atomic E-state index is 9.17. The van der Waals surface area contributed by atoms with Crippen LogP contribution in [-0.4, -0.2) is 53.8 Å². The van der Waals surface area contributed by atoms with E-state index in [1.807, 2.05) is 11.8 Å². The Labute approximate surface area is 133 Å². The summed E-state index contributed by atoms with van der Waals surface area (Å²) in [7, 11) is 0. The highest BCUT2D eigenvalue weighted by Crippen LogP contribution is 2.24. The van der Waals surface area contributed by atoms with E-state index in [1.54, 1.807) is 0 Å². The quantitative estimate of drug-likeness (QED) is 0.773. The van der Waals surface area contributed by atoms with E-state index in [0.717, 1.165) is 25.3 Å². The topological polar surface area (TPSA) is 35.5 Å². The highest BCUT2D eigenvalue weighted by Gasteiger charge is 2.27. The third-order valence-corrected chi connectivity index (χ3v) is 5.10. The standard InChI is InChI=1S/C17H28N2OS/c1-14(15-6-4-3-5-7-15)19-10-8-16(12-19)18-17(9-11-20)13-21-2/h3-7,14,16-18,20H,8-13H2,1-2H3. The predicted molar refractivity (Wildman–Crippen MR) is 91.8 cm³/mol. The van der Waals surface area contributed by atoms with Crippen molar-refractivity contribution in [1.29, 1.82) is 0 Å². The van der Waals surface area contributed by atoms with Crippen LogP contribution in [0, 0.1) is 0 Å². The van der Waals surface area contributed by atoms with Gasteiger partial charge in [0.2, 0.25) is 0 Å². The molecule has 1 heterocycles. The summed E-state index contributed by atoms with van der Waals surface area (Å²) >= 11 is 1.85. The van der Waals surface area contributed by atoms with Crippen molar-refractivity contribution in [1.82, 2.24) is 10.2 Å². The first-order chi connectivity index (χ1) is 10.2. The van der Waals surface area contributed by atoms with E-state index in [2.05, 4.69) is 53.7 Å². The van der Waals surface area contributed by atoms with Gasteiger partial charge in [-0.3, -0.25) is 4.90 Å². The van der Waals surface area contributed by atoms with E-state index in [0.29, 0.717) is 18.1 Å². The van der Waals surface area contributed by atoms with Crippen LogP contribution >= 0.6 is 11.8 Å². The minimum Gasteiger partial charge on any atom is -0.396 e. The fraction of sp³-hybridized carbons (Fsp3) is 0.647. The molecule has 0 aliphatic carbocycles. The largest absolute Gasteiger partial charge is 0.396 e. The van der Waals surface area contributed by atoms with Gasteiger partial charge in [-0.05, 0) is 31.6 Å². The van der Waals surface area contributed by atoms with Crippen LogP contribution < -0.4 is 5.32 Å². The molecular weight excluding hydrogens is 280 g/mol. The Bertz CT molecular complexity index is 395. The molecule has 1 aliphatic heterocycles. The zero-order valence-electron chi connectivity index (χ0n) is 13.2. The number of aliphatic hydroxyl groups is 1. The zero-order chi connectivity index (χ0) is 15.1. The number of hydrogen-bond acceptors (Lipinski definition) is 4. The molecule has 21 heavy (non-hydrogen) atoms. The van der Waals surface area contributed by atoms with Gasteiger partial charge >= 0.3 is 0 Å². The minimum atomic E-state index is 0.273. The van der Waals surface area contributed by atoms with Crippen LogP contribution in [0.2, 0.25) is 0 Å². The van der Waals surface area contributed by atoms with E-state index in [-0.39, 0.29) is 6.61 Å². The van der Waals surface area contributed by atoms with Gasteiger partial charge in [-0.1, -0.05) is 30.3 Å². The van der Waals surface area contributed by atoms with Crippen LogP contribution in [0.25, 0.3) is 0 Å². The SMILES string of the molecule is CSCC(CCO)NC1CCN(C(C)c2ccccc2)C1. The molecule has 118 valence electrons. The molecule has 0 aromatic heterocycles. The van der Waals surface area contributed by atoms with E-state index >= 15 is 0 Å². The first-order valence-corrected chi connectivity index (χ1v) is 9.28. The van der Waals surface area contributed by atoms with Gasteiger partial charge < -0.3 is 10.4 Å². The van der Waals surface area contributed by atoms with Gasteiger partial charge in [0.25, 0.3) is 0 Å². The molecule has 0 radical (unpaired) electrons. The first kappa shape index (κ1) is 16.8. The third-order valence-electron chi connectivity index (χ3n) is 4.37. The van der Waals surface area contributed by atoms with Crippen LogP contribution in [0.15, 0.2) is 30.3 Å². The molecule has 0 saturated carbocycles. The van der Waals surface area contributed by atoms with Crippen LogP contribution in [0.1, 0.15) is 31.4 Å². The predicted octanol–water partition coefficient (Wildman–Crippen LogP) is 2.53. The number of nitrogens with one attached hydrogen (secondary N) is 1. The van der Waals surface area contributed by atoms with Gasteiger partial charge in [-0.15, -0.1) is 0 Å². The molecule has 0 amide bonds. The molecule has 3 unspecified atom stereocenters. The molecule has 2 rings (SSSR count). The lowest BCUT2D eigenvalue weighted by Gasteiger charge is -2.26. The highest BCUT2D eigenvalue weighted by molar-refractivity contribution is 7.98. The van der Waals surface area contributed by atoms with Crippen molar-refractivity contribution >= 4 is 11.8 Å². The second kappa shape index (κ2) is 8.79. The normalized spacial score (nSPS) is 22.3. The van der Waals surface area contributed by atoms with Crippen molar-refractivity contribution in [2.75, 3.05) is 31.7 Å². The molecule has 2 N–H and O–H groups in total. The molecule has 3 nitrogen and oxygen atoms in total. The fourth-order valence-corrected chi connectivity index (χ4v) is 3.79. The lowest BCUT2D eigenvalue weighted by atomic mass is 10.1. The molecule has 1 saturated heterocycles. The third kappa shape index (κ3) is 4.99. The Morgan fingerprint density at radius 1 is 1.38 bits per heavy atom. The van der Waals surface area contributed by atoms with E-state index in [1.165, 1.54) is 12.0 Å². The zero-order valence-corrected chi connectivity index (χ0v) is 14.0. The number of benzene rings is 1. The molecule has 1 fully saturated rings. The summed E-state index contributed by atoms with van der Waals surface area (Å²) in [5, 5.41) is 12.9. The van der Waals surface area contributed by atoms with E-state index in [9.17, 15) is 0 Å². The average molecular weight is 308 g/mol. The van der Waals surface area contributed by atoms with Crippen LogP contribution in [-0.2, 0) is 0 Å². The number of hydrogen-bond donors (Lipinski definition) is 2. The van der Waals surface area contributed by atoms with Crippen molar-refractivity contribution in [3.8, 4) is 0 Å². The van der Waals surface area contributed by atoms with E-state index < -0.39 is 0 Å². The second-order valence-electron chi connectivity index (χ2n) is 5.90. The molecule has 1 aromatic carbocycles. The molecule has 0 spiro atoms. The Morgan fingerprint density at radius 3 is 2.81 bits per heavy atom. The van der Waals surface area contributed by atoms with Crippen molar-refractivity contribution in [3.05, 3.63) is 35.9 Å². The number of aliphatic hydroxyl groups excluding tert-OH is 1. The van der Waals surface area contributed by atoms with Gasteiger partial charge in [-0.25, -0.2) is 0 Å². The van der Waals surface area contributed by atoms with Gasteiger partial charge in [0.1, 0.15) is 0 Å². The van der Waals surface area contributed by atoms with Crippen molar-refractivity contribution in [2.45, 2.75) is 37.9 Å². The van der Waals surface area contributed by atoms with Crippen LogP contribution in [0.3, 0.4) is 0 Å². The lowest BCUT2D eigenvalue weighted by molar-refractivity contribution is 0.244. The molecule has 1 aliphatic rings. The summed E-state index contributed by atoms with van der Waals surface area (Å²) in [6, 6.07) is 12.2. The lowest BCUT2D eigenvalue weighted by Crippen LogP contribution is -2.42. The number of likely N-dealkylation sites (tertiary alicyclic amines) is 1. The molecule has 3 atom stereocenters. The average Bonchev–Trinajstić information content (AvgIpc) is 2.96. The number of nitrogens with zero attached hydrogens (tertiary/aromatic N) is 1. The summed E-state index contributed by atoms with van der Waals surface area (Å²) in [6.45, 7) is 4.82. The monoisotopic (exact) mass is 308 g/mol. The fourth-order valence-electron chi connectivity index (χ4n) is 3.12. The first-order valence-electron chi connectivity index (χ1n) is 7.89. The Hall–Kier alpha value is -0.550. The summed E-state index contributed by atoms with van der Waals surface area (Å²) in [6.07, 6.45) is 4.18. The molecular formula is C17H28N2OS. The second-order valence-corrected chi connectivity index (χ2v) is 6.81. The van der Waals surface area contributed by atoms with Crippen molar-refractivity contribution in [2.24, 2.45) is 0 Å². The minimum absolute atomic E-state index is 0.273. The van der Waals surface area contributed by atoms with Crippen molar-refractivity contribution < 1.29 is 5.11 Å². The molecule has 0 bridgehead atoms. The maximum Gasteiger partial charge on any atom is 0.0446 e. The van der Waals surface area contributed by atoms with Gasteiger partial charge in [0, 0.05) is 43.6 Å². The van der Waals surface area contributed by atoms with Crippen molar-refractivity contribution in [3.63, 3.8) is 0 Å². The summed E-state index contributed by atoms with van der Waals surface area (Å²) < 4.78 is 0. The Morgan fingerprint density at radius 2 is 2.14 bits per heavy atom.